The van der Waals surface area contributed by atoms with Crippen molar-refractivity contribution in [1.82, 2.24) is 10.2 Å². The van der Waals surface area contributed by atoms with Gasteiger partial charge in [-0.05, 0) is 51.1 Å². The quantitative estimate of drug-likeness (QED) is 0.700. The molecule has 0 radical (unpaired) electrons. The van der Waals surface area contributed by atoms with Crippen molar-refractivity contribution >= 4 is 5.91 Å². The van der Waals surface area contributed by atoms with E-state index in [1.807, 2.05) is 0 Å². The van der Waals surface area contributed by atoms with Crippen molar-refractivity contribution in [1.29, 1.82) is 0 Å². The highest BCUT2D eigenvalue weighted by atomic mass is 16.5. The van der Waals surface area contributed by atoms with Crippen LogP contribution < -0.4 is 11.1 Å². The highest BCUT2D eigenvalue weighted by molar-refractivity contribution is 5.78. The summed E-state index contributed by atoms with van der Waals surface area (Å²) in [5.74, 6) is 1.11. The number of ether oxygens (including phenoxy) is 1. The zero-order valence-corrected chi connectivity index (χ0v) is 12.5. The van der Waals surface area contributed by atoms with Gasteiger partial charge in [0.1, 0.15) is 0 Å². The lowest BCUT2D eigenvalue weighted by Gasteiger charge is -2.28. The van der Waals surface area contributed by atoms with Gasteiger partial charge in [0.2, 0.25) is 5.91 Å². The maximum atomic E-state index is 12.1. The largest absolute Gasteiger partial charge is 0.379 e. The lowest BCUT2D eigenvalue weighted by Crippen LogP contribution is -2.39. The number of nitrogens with zero attached hydrogens (tertiary/aromatic N) is 1. The topological polar surface area (TPSA) is 67.6 Å². The second-order valence-corrected chi connectivity index (χ2v) is 6.05. The first-order valence-corrected chi connectivity index (χ1v) is 8.07. The first kappa shape index (κ1) is 15.7. The first-order chi connectivity index (χ1) is 9.79. The lowest BCUT2D eigenvalue weighted by molar-refractivity contribution is -0.126. The molecule has 116 valence electrons. The molecule has 1 saturated carbocycles. The van der Waals surface area contributed by atoms with Crippen molar-refractivity contribution in [3.05, 3.63) is 0 Å². The number of carbonyl (C=O) groups excluding carboxylic acids is 1. The minimum absolute atomic E-state index is 0.223. The van der Waals surface area contributed by atoms with Crippen LogP contribution in [0.3, 0.4) is 0 Å². The molecule has 1 saturated heterocycles. The van der Waals surface area contributed by atoms with Crippen molar-refractivity contribution in [2.24, 2.45) is 17.6 Å². The van der Waals surface area contributed by atoms with Crippen molar-refractivity contribution in [3.63, 3.8) is 0 Å². The fourth-order valence-corrected chi connectivity index (χ4v) is 3.14. The van der Waals surface area contributed by atoms with Gasteiger partial charge < -0.3 is 15.8 Å². The summed E-state index contributed by atoms with van der Waals surface area (Å²) >= 11 is 0. The molecule has 2 fully saturated rings. The molecule has 0 aromatic heterocycles. The van der Waals surface area contributed by atoms with Gasteiger partial charge in [-0.2, -0.15) is 0 Å². The Morgan fingerprint density at radius 1 is 1.20 bits per heavy atom. The van der Waals surface area contributed by atoms with Gasteiger partial charge in [0.25, 0.3) is 0 Å². The Labute approximate surface area is 122 Å². The summed E-state index contributed by atoms with van der Waals surface area (Å²) < 4.78 is 5.32. The second-order valence-electron chi connectivity index (χ2n) is 6.05. The van der Waals surface area contributed by atoms with Crippen molar-refractivity contribution in [2.75, 3.05) is 45.9 Å². The third-order valence-corrected chi connectivity index (χ3v) is 4.60. The summed E-state index contributed by atoms with van der Waals surface area (Å²) in [6.45, 7) is 6.37. The summed E-state index contributed by atoms with van der Waals surface area (Å²) in [4.78, 5) is 14.5. The molecule has 5 nitrogen and oxygen atoms in total. The Kier molecular flexibility index (Phi) is 6.76. The van der Waals surface area contributed by atoms with Crippen LogP contribution in [0.4, 0.5) is 0 Å². The molecule has 1 aliphatic heterocycles. The zero-order chi connectivity index (χ0) is 14.2. The summed E-state index contributed by atoms with van der Waals surface area (Å²) in [5.41, 5.74) is 5.68. The molecule has 0 atom stereocenters. The van der Waals surface area contributed by atoms with E-state index < -0.39 is 0 Å². The number of carbonyl (C=O) groups is 1. The molecule has 2 rings (SSSR count). The smallest absolute Gasteiger partial charge is 0.223 e. The van der Waals surface area contributed by atoms with E-state index in [-0.39, 0.29) is 11.8 Å². The zero-order valence-electron chi connectivity index (χ0n) is 12.5. The van der Waals surface area contributed by atoms with Crippen molar-refractivity contribution in [3.8, 4) is 0 Å². The van der Waals surface area contributed by atoms with E-state index in [4.69, 9.17) is 10.5 Å². The molecule has 1 aliphatic carbocycles. The van der Waals surface area contributed by atoms with Crippen LogP contribution in [0.25, 0.3) is 0 Å². The van der Waals surface area contributed by atoms with Crippen LogP contribution in [0, 0.1) is 11.8 Å². The van der Waals surface area contributed by atoms with Gasteiger partial charge in [0.05, 0.1) is 13.2 Å². The molecule has 3 N–H and O–H groups in total. The van der Waals surface area contributed by atoms with Gasteiger partial charge >= 0.3 is 0 Å². The molecule has 1 amide bonds. The molecule has 0 unspecified atom stereocenters. The SMILES string of the molecule is NCC1CCC(C(=O)NCCCN2CCOCC2)CC1. The average Bonchev–Trinajstić information content (AvgIpc) is 2.52. The Hall–Kier alpha value is -0.650. The van der Waals surface area contributed by atoms with Gasteiger partial charge in [0, 0.05) is 25.6 Å². The molecule has 2 aliphatic rings. The van der Waals surface area contributed by atoms with Crippen LogP contribution >= 0.6 is 0 Å². The highest BCUT2D eigenvalue weighted by Gasteiger charge is 2.25. The fraction of sp³-hybridized carbons (Fsp3) is 0.933. The summed E-state index contributed by atoms with van der Waals surface area (Å²) in [7, 11) is 0. The Morgan fingerprint density at radius 2 is 1.90 bits per heavy atom. The van der Waals surface area contributed by atoms with Gasteiger partial charge in [-0.25, -0.2) is 0 Å². The molecule has 1 heterocycles. The van der Waals surface area contributed by atoms with E-state index in [1.165, 1.54) is 0 Å². The molecule has 0 aromatic rings. The lowest BCUT2D eigenvalue weighted by atomic mass is 9.81. The number of hydrogen-bond acceptors (Lipinski definition) is 4. The van der Waals surface area contributed by atoms with Crippen LogP contribution in [0.2, 0.25) is 0 Å². The maximum Gasteiger partial charge on any atom is 0.223 e. The van der Waals surface area contributed by atoms with Crippen molar-refractivity contribution in [2.45, 2.75) is 32.1 Å². The van der Waals surface area contributed by atoms with Crippen LogP contribution in [-0.2, 0) is 9.53 Å². The van der Waals surface area contributed by atoms with Crippen LogP contribution in [0.1, 0.15) is 32.1 Å². The van der Waals surface area contributed by atoms with Gasteiger partial charge in [0.15, 0.2) is 0 Å². The fourth-order valence-electron chi connectivity index (χ4n) is 3.14. The molecular formula is C15H29N3O2. The van der Waals surface area contributed by atoms with E-state index in [1.54, 1.807) is 0 Å². The van der Waals surface area contributed by atoms with E-state index >= 15 is 0 Å². The number of morpholine rings is 1. The summed E-state index contributed by atoms with van der Waals surface area (Å²) in [5, 5.41) is 3.10. The molecule has 5 heteroatoms. The monoisotopic (exact) mass is 283 g/mol. The third-order valence-electron chi connectivity index (χ3n) is 4.60. The molecule has 0 aromatic carbocycles. The predicted molar refractivity (Wildman–Crippen MR) is 79.4 cm³/mol. The average molecular weight is 283 g/mol. The standard InChI is InChI=1S/C15H29N3O2/c16-12-13-2-4-14(5-3-13)15(19)17-6-1-7-18-8-10-20-11-9-18/h13-14H,1-12,16H2,(H,17,19). The number of amides is 1. The van der Waals surface area contributed by atoms with Crippen LogP contribution in [-0.4, -0.2) is 56.7 Å². The Morgan fingerprint density at radius 3 is 2.55 bits per heavy atom. The first-order valence-electron chi connectivity index (χ1n) is 8.07. The van der Waals surface area contributed by atoms with Gasteiger partial charge in [-0.1, -0.05) is 0 Å². The van der Waals surface area contributed by atoms with E-state index in [2.05, 4.69) is 10.2 Å². The Balaban J connectivity index is 1.53. The molecular weight excluding hydrogens is 254 g/mol. The number of nitrogens with one attached hydrogen (secondary N) is 1. The minimum Gasteiger partial charge on any atom is -0.379 e. The molecule has 0 spiro atoms. The van der Waals surface area contributed by atoms with Crippen LogP contribution in [0.5, 0.6) is 0 Å². The van der Waals surface area contributed by atoms with Crippen molar-refractivity contribution < 1.29 is 9.53 Å². The maximum absolute atomic E-state index is 12.1. The van der Waals surface area contributed by atoms with Crippen LogP contribution in [0.15, 0.2) is 0 Å². The predicted octanol–water partition coefficient (Wildman–Crippen LogP) is 0.590. The number of rotatable bonds is 6. The normalized spacial score (nSPS) is 28.2. The second kappa shape index (κ2) is 8.60. The van der Waals surface area contributed by atoms with Gasteiger partial charge in [-0.3, -0.25) is 9.69 Å². The summed E-state index contributed by atoms with van der Waals surface area (Å²) in [6, 6.07) is 0. The number of hydrogen-bond donors (Lipinski definition) is 2. The van der Waals surface area contributed by atoms with Gasteiger partial charge in [-0.15, -0.1) is 0 Å². The van der Waals surface area contributed by atoms with E-state index in [0.717, 1.165) is 78.0 Å². The number of nitrogens with two attached hydrogens (primary N) is 1. The molecule has 0 bridgehead atoms. The van der Waals surface area contributed by atoms with E-state index in [9.17, 15) is 4.79 Å². The molecule has 20 heavy (non-hydrogen) atoms. The summed E-state index contributed by atoms with van der Waals surface area (Å²) in [6.07, 6.45) is 5.28. The van der Waals surface area contributed by atoms with E-state index in [0.29, 0.717) is 5.92 Å². The Bertz CT molecular complexity index is 285. The minimum atomic E-state index is 0.223. The highest BCUT2D eigenvalue weighted by Crippen LogP contribution is 2.28. The third kappa shape index (κ3) is 5.04.